The average molecular weight is 256 g/mol. The van der Waals surface area contributed by atoms with Crippen LogP contribution in [0, 0.1) is 0 Å². The molecule has 0 radical (unpaired) electrons. The Morgan fingerprint density at radius 3 is 2.32 bits per heavy atom. The predicted octanol–water partition coefficient (Wildman–Crippen LogP) is 2.46. The van der Waals surface area contributed by atoms with Gasteiger partial charge >= 0.3 is 0 Å². The number of nitrogens with two attached hydrogens (primary N) is 1. The Bertz CT molecular complexity index is 547. The molecule has 4 nitrogen and oxygen atoms in total. The standard InChI is InChI=1S/C15H16N2O2/c1-19-14-8-2-11(3-9-14)10-15(18)17-13-6-4-12(16)5-7-13/h2-9H,10,16H2,1H3,(H,17,18). The average Bonchev–Trinajstić information content (AvgIpc) is 2.42. The minimum atomic E-state index is -0.0602. The first-order valence-corrected chi connectivity index (χ1v) is 5.96. The molecule has 3 N–H and O–H groups in total. The van der Waals surface area contributed by atoms with Gasteiger partial charge in [0.2, 0.25) is 5.91 Å². The van der Waals surface area contributed by atoms with E-state index in [2.05, 4.69) is 5.32 Å². The molecule has 19 heavy (non-hydrogen) atoms. The summed E-state index contributed by atoms with van der Waals surface area (Å²) in [5, 5.41) is 2.82. The molecule has 1 amide bonds. The van der Waals surface area contributed by atoms with E-state index in [1.165, 1.54) is 0 Å². The summed E-state index contributed by atoms with van der Waals surface area (Å²) in [6.45, 7) is 0. The van der Waals surface area contributed by atoms with Crippen LogP contribution in [0.3, 0.4) is 0 Å². The van der Waals surface area contributed by atoms with Crippen LogP contribution in [0.1, 0.15) is 5.56 Å². The number of carbonyl (C=O) groups excluding carboxylic acids is 1. The van der Waals surface area contributed by atoms with Crippen LogP contribution >= 0.6 is 0 Å². The molecule has 0 atom stereocenters. The van der Waals surface area contributed by atoms with Gasteiger partial charge in [0, 0.05) is 11.4 Å². The maximum Gasteiger partial charge on any atom is 0.228 e. The van der Waals surface area contributed by atoms with Crippen molar-refractivity contribution in [3.63, 3.8) is 0 Å². The number of benzene rings is 2. The lowest BCUT2D eigenvalue weighted by Crippen LogP contribution is -2.14. The number of carbonyl (C=O) groups is 1. The molecule has 0 spiro atoms. The minimum Gasteiger partial charge on any atom is -0.497 e. The summed E-state index contributed by atoms with van der Waals surface area (Å²) in [6.07, 6.45) is 0.328. The third kappa shape index (κ3) is 3.74. The molecule has 0 bridgehead atoms. The number of methoxy groups -OCH3 is 1. The highest BCUT2D eigenvalue weighted by molar-refractivity contribution is 5.92. The molecule has 2 rings (SSSR count). The summed E-state index contributed by atoms with van der Waals surface area (Å²) in [4.78, 5) is 11.8. The van der Waals surface area contributed by atoms with Gasteiger partial charge in [0.05, 0.1) is 13.5 Å². The number of rotatable bonds is 4. The van der Waals surface area contributed by atoms with Gasteiger partial charge in [-0.25, -0.2) is 0 Å². The van der Waals surface area contributed by atoms with Gasteiger partial charge in [-0.15, -0.1) is 0 Å². The molecule has 0 saturated heterocycles. The smallest absolute Gasteiger partial charge is 0.228 e. The van der Waals surface area contributed by atoms with Crippen molar-refractivity contribution in [3.8, 4) is 5.75 Å². The first kappa shape index (κ1) is 13.0. The molecule has 0 aliphatic carbocycles. The van der Waals surface area contributed by atoms with E-state index in [1.54, 1.807) is 31.4 Å². The number of nitrogens with one attached hydrogen (secondary N) is 1. The second-order valence-corrected chi connectivity index (χ2v) is 4.20. The first-order valence-electron chi connectivity index (χ1n) is 5.96. The lowest BCUT2D eigenvalue weighted by atomic mass is 10.1. The van der Waals surface area contributed by atoms with Crippen LogP contribution < -0.4 is 15.8 Å². The van der Waals surface area contributed by atoms with Crippen molar-refractivity contribution in [2.75, 3.05) is 18.2 Å². The molecule has 0 unspecified atom stereocenters. The molecule has 2 aromatic carbocycles. The van der Waals surface area contributed by atoms with Crippen molar-refractivity contribution in [1.29, 1.82) is 0 Å². The van der Waals surface area contributed by atoms with Crippen molar-refractivity contribution in [2.24, 2.45) is 0 Å². The maximum atomic E-state index is 11.8. The summed E-state index contributed by atoms with van der Waals surface area (Å²) in [5.74, 6) is 0.720. The highest BCUT2D eigenvalue weighted by Gasteiger charge is 2.04. The van der Waals surface area contributed by atoms with Crippen molar-refractivity contribution in [2.45, 2.75) is 6.42 Å². The molecule has 98 valence electrons. The number of ether oxygens (including phenoxy) is 1. The van der Waals surface area contributed by atoms with Gasteiger partial charge in [0.25, 0.3) is 0 Å². The first-order chi connectivity index (χ1) is 9.17. The molecule has 0 aliphatic rings. The Morgan fingerprint density at radius 2 is 1.74 bits per heavy atom. The zero-order valence-corrected chi connectivity index (χ0v) is 10.7. The normalized spacial score (nSPS) is 9.95. The third-order valence-electron chi connectivity index (χ3n) is 2.72. The molecule has 2 aromatic rings. The van der Waals surface area contributed by atoms with Crippen molar-refractivity contribution in [1.82, 2.24) is 0 Å². The van der Waals surface area contributed by atoms with E-state index in [0.717, 1.165) is 17.0 Å². The summed E-state index contributed by atoms with van der Waals surface area (Å²) in [6, 6.07) is 14.5. The lowest BCUT2D eigenvalue weighted by molar-refractivity contribution is -0.115. The van der Waals surface area contributed by atoms with Gasteiger partial charge in [-0.05, 0) is 42.0 Å². The van der Waals surface area contributed by atoms with E-state index in [0.29, 0.717) is 12.1 Å². The summed E-state index contributed by atoms with van der Waals surface area (Å²) in [5.41, 5.74) is 7.94. The zero-order chi connectivity index (χ0) is 13.7. The van der Waals surface area contributed by atoms with E-state index in [9.17, 15) is 4.79 Å². The molecule has 4 heteroatoms. The fourth-order valence-corrected chi connectivity index (χ4v) is 1.70. The number of amides is 1. The molecular formula is C15H16N2O2. The molecule has 0 fully saturated rings. The van der Waals surface area contributed by atoms with Crippen LogP contribution in [0.2, 0.25) is 0 Å². The second-order valence-electron chi connectivity index (χ2n) is 4.20. The van der Waals surface area contributed by atoms with E-state index in [1.807, 2.05) is 24.3 Å². The van der Waals surface area contributed by atoms with Crippen molar-refractivity contribution >= 4 is 17.3 Å². The van der Waals surface area contributed by atoms with Gasteiger partial charge in [0.1, 0.15) is 5.75 Å². The maximum absolute atomic E-state index is 11.8. The quantitative estimate of drug-likeness (QED) is 0.826. The van der Waals surface area contributed by atoms with E-state index in [4.69, 9.17) is 10.5 Å². The Hall–Kier alpha value is -2.49. The van der Waals surface area contributed by atoms with E-state index < -0.39 is 0 Å². The van der Waals surface area contributed by atoms with Crippen LogP contribution in [0.15, 0.2) is 48.5 Å². The van der Waals surface area contributed by atoms with Crippen LogP contribution in [-0.4, -0.2) is 13.0 Å². The third-order valence-corrected chi connectivity index (χ3v) is 2.72. The van der Waals surface area contributed by atoms with Gasteiger partial charge in [-0.3, -0.25) is 4.79 Å². The molecule has 0 aromatic heterocycles. The molecule has 0 heterocycles. The van der Waals surface area contributed by atoms with Crippen molar-refractivity contribution < 1.29 is 9.53 Å². The fraction of sp³-hybridized carbons (Fsp3) is 0.133. The highest BCUT2D eigenvalue weighted by Crippen LogP contribution is 2.13. The monoisotopic (exact) mass is 256 g/mol. The summed E-state index contributed by atoms with van der Waals surface area (Å²) in [7, 11) is 1.61. The number of anilines is 2. The Balaban J connectivity index is 1.95. The van der Waals surface area contributed by atoms with Gasteiger partial charge in [0.15, 0.2) is 0 Å². The highest BCUT2D eigenvalue weighted by atomic mass is 16.5. The van der Waals surface area contributed by atoms with Crippen LogP contribution in [0.25, 0.3) is 0 Å². The number of hydrogen-bond donors (Lipinski definition) is 2. The van der Waals surface area contributed by atoms with Crippen molar-refractivity contribution in [3.05, 3.63) is 54.1 Å². The van der Waals surface area contributed by atoms with Crippen LogP contribution in [0.4, 0.5) is 11.4 Å². The van der Waals surface area contributed by atoms with Crippen LogP contribution in [-0.2, 0) is 11.2 Å². The zero-order valence-electron chi connectivity index (χ0n) is 10.7. The summed E-state index contributed by atoms with van der Waals surface area (Å²) >= 11 is 0. The van der Waals surface area contributed by atoms with Gasteiger partial charge < -0.3 is 15.8 Å². The Morgan fingerprint density at radius 1 is 1.11 bits per heavy atom. The van der Waals surface area contributed by atoms with Gasteiger partial charge in [-0.1, -0.05) is 12.1 Å². The van der Waals surface area contributed by atoms with Crippen LogP contribution in [0.5, 0.6) is 5.75 Å². The largest absolute Gasteiger partial charge is 0.497 e. The minimum absolute atomic E-state index is 0.0602. The fourth-order valence-electron chi connectivity index (χ4n) is 1.70. The van der Waals surface area contributed by atoms with E-state index in [-0.39, 0.29) is 5.91 Å². The number of nitrogen functional groups attached to an aromatic ring is 1. The Labute approximate surface area is 112 Å². The molecular weight excluding hydrogens is 240 g/mol. The van der Waals surface area contributed by atoms with E-state index >= 15 is 0 Å². The topological polar surface area (TPSA) is 64.3 Å². The van der Waals surface area contributed by atoms with Gasteiger partial charge in [-0.2, -0.15) is 0 Å². The summed E-state index contributed by atoms with van der Waals surface area (Å²) < 4.78 is 5.07. The molecule has 0 saturated carbocycles. The predicted molar refractivity (Wildman–Crippen MR) is 76.2 cm³/mol. The number of hydrogen-bond acceptors (Lipinski definition) is 3. The SMILES string of the molecule is COc1ccc(CC(=O)Nc2ccc(N)cc2)cc1. The lowest BCUT2D eigenvalue weighted by Gasteiger charge is -2.06. The second kappa shape index (κ2) is 5.91. The molecule has 0 aliphatic heterocycles. The Kier molecular flexibility index (Phi) is 4.03.